The largest absolute Gasteiger partial charge is 0.424 e. The van der Waals surface area contributed by atoms with Crippen LogP contribution >= 0.6 is 0 Å². The van der Waals surface area contributed by atoms with E-state index in [-0.39, 0.29) is 23.3 Å². The topological polar surface area (TPSA) is 116 Å². The highest BCUT2D eigenvalue weighted by Gasteiger charge is 2.20. The first-order chi connectivity index (χ1) is 14.9. The molecular weight excluding hydrogens is 430 g/mol. The lowest BCUT2D eigenvalue weighted by atomic mass is 10.1. The summed E-state index contributed by atoms with van der Waals surface area (Å²) in [5, 5.41) is -0.687. The Morgan fingerprint density at radius 2 is 1.59 bits per heavy atom. The summed E-state index contributed by atoms with van der Waals surface area (Å²) < 4.78 is 34.6. The van der Waals surface area contributed by atoms with Crippen LogP contribution in [0.5, 0.6) is 11.8 Å². The molecule has 0 aliphatic carbocycles. The summed E-state index contributed by atoms with van der Waals surface area (Å²) >= 11 is 0. The molecule has 0 saturated heterocycles. The van der Waals surface area contributed by atoms with Crippen molar-refractivity contribution in [2.75, 3.05) is 4.72 Å². The molecule has 0 aliphatic heterocycles. The van der Waals surface area contributed by atoms with Gasteiger partial charge in [0.15, 0.2) is 5.82 Å². The summed E-state index contributed by atoms with van der Waals surface area (Å²) in [5.74, 6) is 0.604. The maximum absolute atomic E-state index is 12.4. The van der Waals surface area contributed by atoms with Gasteiger partial charge in [0, 0.05) is 24.4 Å². The van der Waals surface area contributed by atoms with Crippen molar-refractivity contribution in [1.29, 1.82) is 0 Å². The van der Waals surface area contributed by atoms with Crippen LogP contribution in [0.2, 0.25) is 0 Å². The van der Waals surface area contributed by atoms with Crippen molar-refractivity contribution in [2.45, 2.75) is 46.8 Å². The van der Waals surface area contributed by atoms with Crippen molar-refractivity contribution in [2.24, 2.45) is 7.05 Å². The molecule has 0 amide bonds. The lowest BCUT2D eigenvalue weighted by Crippen LogP contribution is -2.24. The highest BCUT2D eigenvalue weighted by molar-refractivity contribution is 7.93. The average molecular weight is 458 g/mol. The van der Waals surface area contributed by atoms with E-state index in [1.54, 1.807) is 40.1 Å². The minimum atomic E-state index is -3.70. The first kappa shape index (κ1) is 23.4. The van der Waals surface area contributed by atoms with E-state index >= 15 is 0 Å². The smallest absolute Gasteiger partial charge is 0.327 e. The number of benzene rings is 1. The van der Waals surface area contributed by atoms with Crippen LogP contribution in [-0.2, 0) is 17.1 Å². The highest BCUT2D eigenvalue weighted by atomic mass is 32.2. The highest BCUT2D eigenvalue weighted by Crippen LogP contribution is 2.29. The number of hydrogen-bond acceptors (Lipinski definition) is 7. The van der Waals surface area contributed by atoms with E-state index in [0.29, 0.717) is 16.9 Å². The molecule has 0 fully saturated rings. The summed E-state index contributed by atoms with van der Waals surface area (Å²) in [7, 11) is -2.07. The Morgan fingerprint density at radius 3 is 2.16 bits per heavy atom. The van der Waals surface area contributed by atoms with Gasteiger partial charge in [-0.1, -0.05) is 17.7 Å². The number of sulfonamides is 1. The quantitative estimate of drug-likeness (QED) is 0.603. The zero-order valence-corrected chi connectivity index (χ0v) is 20.0. The van der Waals surface area contributed by atoms with Crippen molar-refractivity contribution in [3.05, 3.63) is 57.0 Å². The van der Waals surface area contributed by atoms with Crippen LogP contribution in [0, 0.1) is 27.7 Å². The van der Waals surface area contributed by atoms with Crippen molar-refractivity contribution in [1.82, 2.24) is 19.5 Å². The van der Waals surface area contributed by atoms with Crippen LogP contribution < -0.4 is 15.0 Å². The summed E-state index contributed by atoms with van der Waals surface area (Å²) in [6.07, 6.45) is 1.58. The maximum Gasteiger partial charge on any atom is 0.327 e. The Balaban J connectivity index is 2.16. The molecule has 1 aromatic carbocycles. The lowest BCUT2D eigenvalue weighted by molar-refractivity contribution is 0.435. The van der Waals surface area contributed by atoms with Gasteiger partial charge in [0.05, 0.1) is 5.25 Å². The number of hydrogen-bond donors (Lipinski definition) is 1. The fourth-order valence-electron chi connectivity index (χ4n) is 3.24. The summed E-state index contributed by atoms with van der Waals surface area (Å²) in [4.78, 5) is 24.9. The van der Waals surface area contributed by atoms with Gasteiger partial charge in [0.25, 0.3) is 5.56 Å². The average Bonchev–Trinajstić information content (AvgIpc) is 2.67. The van der Waals surface area contributed by atoms with Gasteiger partial charge in [0.2, 0.25) is 16.0 Å². The van der Waals surface area contributed by atoms with Gasteiger partial charge in [-0.05, 0) is 58.7 Å². The van der Waals surface area contributed by atoms with Crippen molar-refractivity contribution >= 4 is 16.0 Å². The number of nitrogens with one attached hydrogen (secondary N) is 1. The van der Waals surface area contributed by atoms with Crippen LogP contribution in [0.15, 0.2) is 29.2 Å². The van der Waals surface area contributed by atoms with Gasteiger partial charge in [-0.25, -0.2) is 8.42 Å². The summed E-state index contributed by atoms with van der Waals surface area (Å²) in [5.41, 5.74) is 3.76. The fourth-order valence-corrected chi connectivity index (χ4v) is 3.82. The van der Waals surface area contributed by atoms with Gasteiger partial charge in [-0.3, -0.25) is 9.52 Å². The van der Waals surface area contributed by atoms with Gasteiger partial charge in [-0.15, -0.1) is 0 Å². The number of aromatic nitrogens is 4. The van der Waals surface area contributed by atoms with Crippen molar-refractivity contribution in [3.8, 4) is 23.1 Å². The third kappa shape index (κ3) is 4.96. The fraction of sp³-hybridized carbons (Fsp3) is 0.364. The SMILES string of the molecule is Cc1cc(C)c(Oc2nc(NS(=O)(=O)C(C)C)nc(-c3cc(C)c(=O)n(C)c3)n2)c(C)c1. The Labute approximate surface area is 187 Å². The standard InChI is InChI=1S/C22H27N5O4S/c1-12(2)32(29,30)26-21-23-19(17-10-16(6)20(28)27(7)11-17)24-22(25-21)31-18-14(4)8-13(3)9-15(18)5/h8-12H,1-7H3,(H,23,24,25,26). The number of aryl methyl sites for hydroxylation is 5. The van der Waals surface area contributed by atoms with E-state index in [2.05, 4.69) is 19.7 Å². The molecule has 9 nitrogen and oxygen atoms in total. The van der Waals surface area contributed by atoms with Gasteiger partial charge >= 0.3 is 6.01 Å². The van der Waals surface area contributed by atoms with Crippen molar-refractivity contribution in [3.63, 3.8) is 0 Å². The van der Waals surface area contributed by atoms with E-state index in [1.165, 1.54) is 4.57 Å². The monoisotopic (exact) mass is 457 g/mol. The first-order valence-electron chi connectivity index (χ1n) is 10.1. The molecule has 1 N–H and O–H groups in total. The second-order valence-electron chi connectivity index (χ2n) is 8.12. The Bertz CT molecular complexity index is 1300. The summed E-state index contributed by atoms with van der Waals surface area (Å²) in [6.45, 7) is 10.6. The zero-order chi connectivity index (χ0) is 23.8. The molecule has 0 radical (unpaired) electrons. The third-order valence-electron chi connectivity index (χ3n) is 4.89. The number of pyridine rings is 1. The van der Waals surface area contributed by atoms with Crippen LogP contribution in [0.3, 0.4) is 0 Å². The van der Waals surface area contributed by atoms with E-state index in [4.69, 9.17) is 4.74 Å². The Morgan fingerprint density at radius 1 is 0.969 bits per heavy atom. The maximum atomic E-state index is 12.4. The molecule has 0 aliphatic rings. The molecule has 0 bridgehead atoms. The molecule has 170 valence electrons. The molecule has 10 heteroatoms. The van der Waals surface area contributed by atoms with E-state index < -0.39 is 15.3 Å². The predicted molar refractivity (Wildman–Crippen MR) is 124 cm³/mol. The van der Waals surface area contributed by atoms with E-state index in [9.17, 15) is 13.2 Å². The Hall–Kier alpha value is -3.27. The number of rotatable bonds is 6. The minimum Gasteiger partial charge on any atom is -0.424 e. The molecule has 3 aromatic rings. The number of ether oxygens (including phenoxy) is 1. The molecule has 0 saturated carbocycles. The molecule has 2 aromatic heterocycles. The molecule has 3 rings (SSSR count). The van der Waals surface area contributed by atoms with E-state index in [1.807, 2.05) is 32.9 Å². The van der Waals surface area contributed by atoms with Crippen molar-refractivity contribution < 1.29 is 13.2 Å². The molecular formula is C22H27N5O4S. The second-order valence-corrected chi connectivity index (χ2v) is 10.4. The van der Waals surface area contributed by atoms with Gasteiger partial charge in [0.1, 0.15) is 5.75 Å². The minimum absolute atomic E-state index is 0.0574. The van der Waals surface area contributed by atoms with Crippen LogP contribution in [-0.4, -0.2) is 33.2 Å². The molecule has 0 atom stereocenters. The molecule has 32 heavy (non-hydrogen) atoms. The van der Waals surface area contributed by atoms with Gasteiger partial charge < -0.3 is 9.30 Å². The van der Waals surface area contributed by atoms with Crippen LogP contribution in [0.4, 0.5) is 5.95 Å². The molecule has 0 unspecified atom stereocenters. The zero-order valence-electron chi connectivity index (χ0n) is 19.2. The van der Waals surface area contributed by atoms with Gasteiger partial charge in [-0.2, -0.15) is 15.0 Å². The third-order valence-corrected chi connectivity index (χ3v) is 6.60. The predicted octanol–water partition coefficient (Wildman–Crippen LogP) is 3.41. The second kappa shape index (κ2) is 8.70. The molecule has 0 spiro atoms. The number of anilines is 1. The molecule has 2 heterocycles. The Kier molecular flexibility index (Phi) is 6.36. The van der Waals surface area contributed by atoms with E-state index in [0.717, 1.165) is 16.7 Å². The van der Waals surface area contributed by atoms with Crippen LogP contribution in [0.1, 0.15) is 36.1 Å². The first-order valence-corrected chi connectivity index (χ1v) is 11.6. The normalized spacial score (nSPS) is 11.6. The lowest BCUT2D eigenvalue weighted by Gasteiger charge is -2.14. The summed E-state index contributed by atoms with van der Waals surface area (Å²) in [6, 6.07) is 5.54. The number of nitrogens with zero attached hydrogens (tertiary/aromatic N) is 4. The van der Waals surface area contributed by atoms with Crippen LogP contribution in [0.25, 0.3) is 11.4 Å².